The normalized spacial score (nSPS) is 25.6. The van der Waals surface area contributed by atoms with Gasteiger partial charge in [0.05, 0.1) is 4.83 Å². The smallest absolute Gasteiger partial charge is 0.330 e. The minimum atomic E-state index is -0.843. The molecule has 1 aliphatic rings. The van der Waals surface area contributed by atoms with E-state index in [2.05, 4.69) is 20.9 Å². The van der Waals surface area contributed by atoms with Crippen LogP contribution in [0.15, 0.2) is 21.9 Å². The second-order valence-corrected chi connectivity index (χ2v) is 6.43. The maximum Gasteiger partial charge on any atom is 0.330 e. The number of aromatic amines is 1. The fourth-order valence-electron chi connectivity index (χ4n) is 2.33. The summed E-state index contributed by atoms with van der Waals surface area (Å²) in [5.74, 6) is -0.862. The van der Waals surface area contributed by atoms with Crippen molar-refractivity contribution in [3.8, 4) is 0 Å². The summed E-state index contributed by atoms with van der Waals surface area (Å²) in [6, 6.07) is 1.18. The van der Waals surface area contributed by atoms with Crippen LogP contribution in [0.2, 0.25) is 0 Å². The minimum Gasteiger partial charge on any atom is -0.463 e. The molecule has 0 spiro atoms. The highest BCUT2D eigenvalue weighted by Crippen LogP contribution is 2.36. The Bertz CT molecular complexity index is 744. The van der Waals surface area contributed by atoms with Gasteiger partial charge in [-0.05, 0) is 0 Å². The predicted octanol–water partition coefficient (Wildman–Crippen LogP) is 0.472. The number of hydrogen-bond acceptors (Lipinski definition) is 7. The number of ether oxygens (including phenoxy) is 3. The van der Waals surface area contributed by atoms with Crippen LogP contribution >= 0.6 is 15.9 Å². The standard InChI is InChI=1S/C15H19BrN2O7/c1-3-10(20)23-7-8-13(25-11(21)4-2)12(16)14(24-8)18-6-5-9(19)17-15(18)22/h5-6,8,12-14H,3-4,7H2,1-2H3,(H,17,19,22). The molecule has 0 amide bonds. The molecule has 1 fully saturated rings. The van der Waals surface area contributed by atoms with Crippen LogP contribution in [0.3, 0.4) is 0 Å². The summed E-state index contributed by atoms with van der Waals surface area (Å²) in [5, 5.41) is 0. The van der Waals surface area contributed by atoms with Gasteiger partial charge in [-0.1, -0.05) is 29.8 Å². The van der Waals surface area contributed by atoms with E-state index in [0.29, 0.717) is 0 Å². The molecule has 1 aliphatic heterocycles. The molecular formula is C15H19BrN2O7. The molecule has 0 aliphatic carbocycles. The zero-order valence-corrected chi connectivity index (χ0v) is 15.4. The van der Waals surface area contributed by atoms with Gasteiger partial charge < -0.3 is 14.2 Å². The molecule has 0 bridgehead atoms. The number of nitrogens with one attached hydrogen (secondary N) is 1. The lowest BCUT2D eigenvalue weighted by Crippen LogP contribution is -2.37. The average molecular weight is 419 g/mol. The molecule has 138 valence electrons. The summed E-state index contributed by atoms with van der Waals surface area (Å²) >= 11 is 3.39. The number of nitrogens with zero attached hydrogens (tertiary/aromatic N) is 1. The molecule has 0 radical (unpaired) electrons. The Hall–Kier alpha value is -1.94. The van der Waals surface area contributed by atoms with Crippen molar-refractivity contribution in [3.63, 3.8) is 0 Å². The molecule has 25 heavy (non-hydrogen) atoms. The highest BCUT2D eigenvalue weighted by atomic mass is 79.9. The molecule has 1 saturated heterocycles. The molecule has 1 aromatic heterocycles. The molecule has 10 heteroatoms. The Labute approximate surface area is 151 Å². The Kier molecular flexibility index (Phi) is 6.54. The van der Waals surface area contributed by atoms with Gasteiger partial charge in [0.2, 0.25) is 0 Å². The molecule has 2 rings (SSSR count). The Morgan fingerprint density at radius 1 is 1.28 bits per heavy atom. The lowest BCUT2D eigenvalue weighted by atomic mass is 10.2. The van der Waals surface area contributed by atoms with Crippen LogP contribution in [0.5, 0.6) is 0 Å². The van der Waals surface area contributed by atoms with Crippen LogP contribution in [-0.2, 0) is 23.8 Å². The highest BCUT2D eigenvalue weighted by Gasteiger charge is 2.47. The van der Waals surface area contributed by atoms with Gasteiger partial charge in [-0.2, -0.15) is 0 Å². The largest absolute Gasteiger partial charge is 0.463 e. The first-order chi connectivity index (χ1) is 11.9. The maximum atomic E-state index is 12.0. The van der Waals surface area contributed by atoms with Crippen molar-refractivity contribution in [2.24, 2.45) is 0 Å². The van der Waals surface area contributed by atoms with Gasteiger partial charge in [-0.3, -0.25) is 23.9 Å². The van der Waals surface area contributed by atoms with Crippen molar-refractivity contribution in [2.45, 2.75) is 50.0 Å². The van der Waals surface area contributed by atoms with E-state index in [0.717, 1.165) is 0 Å². The summed E-state index contributed by atoms with van der Waals surface area (Å²) in [7, 11) is 0. The van der Waals surface area contributed by atoms with E-state index in [1.807, 2.05) is 0 Å². The van der Waals surface area contributed by atoms with Crippen molar-refractivity contribution in [1.29, 1.82) is 0 Å². The van der Waals surface area contributed by atoms with Crippen molar-refractivity contribution in [3.05, 3.63) is 33.1 Å². The van der Waals surface area contributed by atoms with Gasteiger partial charge in [0.1, 0.15) is 18.8 Å². The SMILES string of the molecule is CCC(=O)OCC1OC(n2ccc(=O)[nH]c2=O)C(Br)C1OC(=O)CC. The number of aromatic nitrogens is 2. The van der Waals surface area contributed by atoms with Gasteiger partial charge in [0.15, 0.2) is 6.23 Å². The zero-order valence-electron chi connectivity index (χ0n) is 13.8. The van der Waals surface area contributed by atoms with Gasteiger partial charge >= 0.3 is 17.6 Å². The number of rotatable bonds is 6. The Morgan fingerprint density at radius 2 is 1.96 bits per heavy atom. The first kappa shape index (κ1) is 19.4. The first-order valence-electron chi connectivity index (χ1n) is 7.83. The van der Waals surface area contributed by atoms with Crippen LogP contribution in [0.1, 0.15) is 32.9 Å². The molecule has 1 N–H and O–H groups in total. The maximum absolute atomic E-state index is 12.0. The molecule has 2 heterocycles. The number of alkyl halides is 1. The van der Waals surface area contributed by atoms with E-state index in [1.165, 1.54) is 16.8 Å². The molecule has 9 nitrogen and oxygen atoms in total. The van der Waals surface area contributed by atoms with Crippen LogP contribution in [0.25, 0.3) is 0 Å². The molecule has 4 unspecified atom stereocenters. The third-order valence-electron chi connectivity index (χ3n) is 3.65. The van der Waals surface area contributed by atoms with E-state index in [9.17, 15) is 19.2 Å². The number of esters is 2. The number of hydrogen-bond donors (Lipinski definition) is 1. The topological polar surface area (TPSA) is 117 Å². The van der Waals surface area contributed by atoms with Crippen LogP contribution in [0, 0.1) is 0 Å². The van der Waals surface area contributed by atoms with Crippen LogP contribution in [0.4, 0.5) is 0 Å². The van der Waals surface area contributed by atoms with E-state index in [1.54, 1.807) is 13.8 Å². The van der Waals surface area contributed by atoms with Crippen molar-refractivity contribution in [2.75, 3.05) is 6.61 Å². The van der Waals surface area contributed by atoms with Gasteiger partial charge in [0, 0.05) is 25.1 Å². The summed E-state index contributed by atoms with van der Waals surface area (Å²) in [4.78, 5) is 47.8. The number of halogens is 1. The summed E-state index contributed by atoms with van der Waals surface area (Å²) in [6.07, 6.45) is -0.697. The van der Waals surface area contributed by atoms with Crippen molar-refractivity contribution in [1.82, 2.24) is 9.55 Å². The van der Waals surface area contributed by atoms with Crippen molar-refractivity contribution < 1.29 is 23.8 Å². The number of carbonyl (C=O) groups excluding carboxylic acids is 2. The second kappa shape index (κ2) is 8.43. The summed E-state index contributed by atoms with van der Waals surface area (Å²) < 4.78 is 17.4. The molecule has 1 aromatic rings. The predicted molar refractivity (Wildman–Crippen MR) is 89.4 cm³/mol. The fraction of sp³-hybridized carbons (Fsp3) is 0.600. The first-order valence-corrected chi connectivity index (χ1v) is 8.75. The number of carbonyl (C=O) groups is 2. The average Bonchev–Trinajstić information content (AvgIpc) is 2.88. The molecule has 0 aromatic carbocycles. The van der Waals surface area contributed by atoms with Crippen LogP contribution in [-0.4, -0.2) is 45.1 Å². The molecular weight excluding hydrogens is 400 g/mol. The zero-order chi connectivity index (χ0) is 18.6. The third kappa shape index (κ3) is 4.57. The van der Waals surface area contributed by atoms with E-state index >= 15 is 0 Å². The third-order valence-corrected chi connectivity index (χ3v) is 4.62. The molecule has 0 saturated carbocycles. The van der Waals surface area contributed by atoms with Gasteiger partial charge in [0.25, 0.3) is 5.56 Å². The lowest BCUT2D eigenvalue weighted by Gasteiger charge is -2.20. The second-order valence-electron chi connectivity index (χ2n) is 5.37. The van der Waals surface area contributed by atoms with Gasteiger partial charge in [-0.15, -0.1) is 0 Å². The lowest BCUT2D eigenvalue weighted by molar-refractivity contribution is -0.157. The fourth-order valence-corrected chi connectivity index (χ4v) is 3.16. The van der Waals surface area contributed by atoms with E-state index in [4.69, 9.17) is 14.2 Å². The van der Waals surface area contributed by atoms with E-state index < -0.39 is 46.5 Å². The number of H-pyrrole nitrogens is 1. The van der Waals surface area contributed by atoms with E-state index in [-0.39, 0.29) is 19.4 Å². The summed E-state index contributed by atoms with van der Waals surface area (Å²) in [5.41, 5.74) is -1.19. The monoisotopic (exact) mass is 418 g/mol. The summed E-state index contributed by atoms with van der Waals surface area (Å²) in [6.45, 7) is 3.19. The quantitative estimate of drug-likeness (QED) is 0.526. The minimum absolute atomic E-state index is 0.120. The molecule has 4 atom stereocenters. The highest BCUT2D eigenvalue weighted by molar-refractivity contribution is 9.09. The van der Waals surface area contributed by atoms with Crippen molar-refractivity contribution >= 4 is 27.9 Å². The Morgan fingerprint density at radius 3 is 2.56 bits per heavy atom. The Balaban J connectivity index is 2.25. The van der Waals surface area contributed by atoms with Crippen LogP contribution < -0.4 is 11.2 Å². The van der Waals surface area contributed by atoms with Gasteiger partial charge in [-0.25, -0.2) is 4.79 Å².